The molecule has 0 spiro atoms. The van der Waals surface area contributed by atoms with Crippen molar-refractivity contribution in [3.05, 3.63) is 35.0 Å². The molecule has 84 valence electrons. The minimum Gasteiger partial charge on any atom is -0.451 e. The van der Waals surface area contributed by atoms with Crippen LogP contribution >= 0.6 is 11.6 Å². The number of amides is 1. The minimum atomic E-state index is -0.206. The molecule has 16 heavy (non-hydrogen) atoms. The maximum absolute atomic E-state index is 11.7. The summed E-state index contributed by atoms with van der Waals surface area (Å²) in [6.45, 7) is 3.80. The van der Waals surface area contributed by atoms with Crippen molar-refractivity contribution in [2.45, 2.75) is 19.9 Å². The predicted molar refractivity (Wildman–Crippen MR) is 63.8 cm³/mol. The Kier molecular flexibility index (Phi) is 2.88. The summed E-state index contributed by atoms with van der Waals surface area (Å²) in [5.41, 5.74) is 0.665. The van der Waals surface area contributed by atoms with Crippen molar-refractivity contribution >= 4 is 28.5 Å². The van der Waals surface area contributed by atoms with E-state index in [2.05, 4.69) is 5.32 Å². The molecular weight excluding hydrogens is 226 g/mol. The van der Waals surface area contributed by atoms with E-state index in [1.807, 2.05) is 13.8 Å². The van der Waals surface area contributed by atoms with Crippen LogP contribution in [-0.2, 0) is 0 Å². The number of nitrogens with one attached hydrogen (secondary N) is 1. The molecule has 0 atom stereocenters. The van der Waals surface area contributed by atoms with Gasteiger partial charge in [0.1, 0.15) is 5.58 Å². The zero-order valence-electron chi connectivity index (χ0n) is 9.08. The van der Waals surface area contributed by atoms with Crippen LogP contribution in [0.15, 0.2) is 28.7 Å². The lowest BCUT2D eigenvalue weighted by atomic mass is 10.2. The summed E-state index contributed by atoms with van der Waals surface area (Å²) >= 11 is 5.85. The maximum atomic E-state index is 11.7. The highest BCUT2D eigenvalue weighted by Gasteiger charge is 2.12. The molecule has 0 aliphatic carbocycles. The first-order valence-electron chi connectivity index (χ1n) is 5.06. The van der Waals surface area contributed by atoms with Crippen molar-refractivity contribution in [2.24, 2.45) is 0 Å². The largest absolute Gasteiger partial charge is 0.451 e. The molecule has 0 saturated heterocycles. The number of fused-ring (bicyclic) bond motifs is 1. The molecule has 4 heteroatoms. The van der Waals surface area contributed by atoms with E-state index >= 15 is 0 Å². The van der Waals surface area contributed by atoms with Crippen LogP contribution in [0, 0.1) is 0 Å². The third-order valence-electron chi connectivity index (χ3n) is 2.12. The molecule has 2 aromatic rings. The van der Waals surface area contributed by atoms with Crippen LogP contribution in [-0.4, -0.2) is 11.9 Å². The van der Waals surface area contributed by atoms with E-state index < -0.39 is 0 Å². The zero-order valence-corrected chi connectivity index (χ0v) is 9.84. The first-order valence-corrected chi connectivity index (χ1v) is 5.44. The average Bonchev–Trinajstić information content (AvgIpc) is 2.59. The standard InChI is InChI=1S/C12H12ClNO2/c1-7(2)14-12(15)11-6-8-5-9(13)3-4-10(8)16-11/h3-7H,1-2H3,(H,14,15). The molecule has 1 amide bonds. The average molecular weight is 238 g/mol. The monoisotopic (exact) mass is 237 g/mol. The molecule has 1 aromatic carbocycles. The summed E-state index contributed by atoms with van der Waals surface area (Å²) in [5.74, 6) is 0.105. The molecule has 0 aliphatic heterocycles. The quantitative estimate of drug-likeness (QED) is 0.871. The van der Waals surface area contributed by atoms with Gasteiger partial charge in [-0.25, -0.2) is 0 Å². The van der Waals surface area contributed by atoms with Crippen LogP contribution < -0.4 is 5.32 Å². The fourth-order valence-electron chi connectivity index (χ4n) is 1.46. The number of carbonyl (C=O) groups excluding carboxylic acids is 1. The summed E-state index contributed by atoms with van der Waals surface area (Å²) in [4.78, 5) is 11.7. The SMILES string of the molecule is CC(C)NC(=O)c1cc2cc(Cl)ccc2o1. The Hall–Kier alpha value is -1.48. The van der Waals surface area contributed by atoms with E-state index in [-0.39, 0.29) is 11.9 Å². The molecule has 0 fully saturated rings. The summed E-state index contributed by atoms with van der Waals surface area (Å²) in [5, 5.41) is 4.23. The Morgan fingerprint density at radius 3 is 2.81 bits per heavy atom. The topological polar surface area (TPSA) is 42.2 Å². The molecule has 0 saturated carbocycles. The van der Waals surface area contributed by atoms with Gasteiger partial charge >= 0.3 is 0 Å². The van der Waals surface area contributed by atoms with E-state index in [4.69, 9.17) is 16.0 Å². The van der Waals surface area contributed by atoms with Gasteiger partial charge in [0.2, 0.25) is 0 Å². The predicted octanol–water partition coefficient (Wildman–Crippen LogP) is 3.22. The minimum absolute atomic E-state index is 0.0873. The van der Waals surface area contributed by atoms with Gasteiger partial charge in [0.15, 0.2) is 5.76 Å². The summed E-state index contributed by atoms with van der Waals surface area (Å²) < 4.78 is 5.42. The molecule has 0 unspecified atom stereocenters. The number of hydrogen-bond acceptors (Lipinski definition) is 2. The number of benzene rings is 1. The van der Waals surface area contributed by atoms with Crippen molar-refractivity contribution in [3.63, 3.8) is 0 Å². The van der Waals surface area contributed by atoms with Gasteiger partial charge in [0.05, 0.1) is 0 Å². The highest BCUT2D eigenvalue weighted by molar-refractivity contribution is 6.31. The van der Waals surface area contributed by atoms with Gasteiger partial charge in [-0.15, -0.1) is 0 Å². The Balaban J connectivity index is 2.36. The van der Waals surface area contributed by atoms with Gasteiger partial charge in [-0.2, -0.15) is 0 Å². The van der Waals surface area contributed by atoms with E-state index in [9.17, 15) is 4.79 Å². The van der Waals surface area contributed by atoms with Gasteiger partial charge in [-0.05, 0) is 38.1 Å². The number of hydrogen-bond donors (Lipinski definition) is 1. The third-order valence-corrected chi connectivity index (χ3v) is 2.36. The van der Waals surface area contributed by atoms with Crippen molar-refractivity contribution in [2.75, 3.05) is 0 Å². The number of rotatable bonds is 2. The van der Waals surface area contributed by atoms with Crippen molar-refractivity contribution in [3.8, 4) is 0 Å². The Labute approximate surface area is 98.4 Å². The summed E-state index contributed by atoms with van der Waals surface area (Å²) in [6, 6.07) is 7.04. The zero-order chi connectivity index (χ0) is 11.7. The first kappa shape index (κ1) is 11.0. The normalized spacial score (nSPS) is 11.0. The lowest BCUT2D eigenvalue weighted by molar-refractivity contribution is 0.0917. The van der Waals surface area contributed by atoms with Crippen molar-refractivity contribution < 1.29 is 9.21 Å². The fraction of sp³-hybridized carbons (Fsp3) is 0.250. The van der Waals surface area contributed by atoms with E-state index in [1.165, 1.54) is 0 Å². The van der Waals surface area contributed by atoms with Gasteiger partial charge in [-0.3, -0.25) is 4.79 Å². The first-order chi connectivity index (χ1) is 7.56. The van der Waals surface area contributed by atoms with E-state index in [0.29, 0.717) is 16.4 Å². The summed E-state index contributed by atoms with van der Waals surface area (Å²) in [7, 11) is 0. The highest BCUT2D eigenvalue weighted by atomic mass is 35.5. The van der Waals surface area contributed by atoms with Gasteiger partial charge in [-0.1, -0.05) is 11.6 Å². The molecular formula is C12H12ClNO2. The number of carbonyl (C=O) groups is 1. The lowest BCUT2D eigenvalue weighted by Gasteiger charge is -2.04. The molecule has 1 aromatic heterocycles. The Bertz CT molecular complexity index is 531. The van der Waals surface area contributed by atoms with Crippen LogP contribution in [0.2, 0.25) is 5.02 Å². The van der Waals surface area contributed by atoms with E-state index in [0.717, 1.165) is 5.39 Å². The van der Waals surface area contributed by atoms with Crippen LogP contribution in [0.5, 0.6) is 0 Å². The number of furan rings is 1. The fourth-order valence-corrected chi connectivity index (χ4v) is 1.64. The molecule has 3 nitrogen and oxygen atoms in total. The smallest absolute Gasteiger partial charge is 0.287 e. The molecule has 0 aliphatic rings. The molecule has 2 rings (SSSR count). The Morgan fingerprint density at radius 1 is 1.38 bits per heavy atom. The van der Waals surface area contributed by atoms with Gasteiger partial charge in [0.25, 0.3) is 5.91 Å². The van der Waals surface area contributed by atoms with Crippen LogP contribution in [0.1, 0.15) is 24.4 Å². The third kappa shape index (κ3) is 2.19. The van der Waals surface area contributed by atoms with Crippen LogP contribution in [0.3, 0.4) is 0 Å². The second kappa shape index (κ2) is 4.18. The van der Waals surface area contributed by atoms with Crippen LogP contribution in [0.4, 0.5) is 0 Å². The molecule has 0 radical (unpaired) electrons. The van der Waals surface area contributed by atoms with Gasteiger partial charge < -0.3 is 9.73 Å². The highest BCUT2D eigenvalue weighted by Crippen LogP contribution is 2.22. The van der Waals surface area contributed by atoms with Gasteiger partial charge in [0, 0.05) is 16.5 Å². The van der Waals surface area contributed by atoms with E-state index in [1.54, 1.807) is 24.3 Å². The maximum Gasteiger partial charge on any atom is 0.287 e. The Morgan fingerprint density at radius 2 is 2.12 bits per heavy atom. The summed E-state index contributed by atoms with van der Waals surface area (Å²) in [6.07, 6.45) is 0. The van der Waals surface area contributed by atoms with Crippen LogP contribution in [0.25, 0.3) is 11.0 Å². The second-order valence-electron chi connectivity index (χ2n) is 3.92. The molecule has 0 bridgehead atoms. The van der Waals surface area contributed by atoms with Crippen molar-refractivity contribution in [1.29, 1.82) is 0 Å². The molecule has 1 N–H and O–H groups in total. The number of halogens is 1. The van der Waals surface area contributed by atoms with Crippen molar-refractivity contribution in [1.82, 2.24) is 5.32 Å². The lowest BCUT2D eigenvalue weighted by Crippen LogP contribution is -2.29. The molecule has 1 heterocycles. The second-order valence-corrected chi connectivity index (χ2v) is 4.36.